The molecule has 1 aliphatic heterocycles. The first-order valence-electron chi connectivity index (χ1n) is 13.6. The van der Waals surface area contributed by atoms with E-state index in [1.165, 1.54) is 4.90 Å². The molecule has 212 valence electrons. The van der Waals surface area contributed by atoms with E-state index >= 15 is 0 Å². The van der Waals surface area contributed by atoms with E-state index in [1.54, 1.807) is 24.1 Å². The summed E-state index contributed by atoms with van der Waals surface area (Å²) < 4.78 is 9.75. The molecule has 1 aliphatic rings. The van der Waals surface area contributed by atoms with E-state index in [2.05, 4.69) is 6.07 Å². The molecule has 4 aromatic rings. The number of benzene rings is 2. The number of piperidine rings is 1. The zero-order chi connectivity index (χ0) is 28.8. The number of ether oxygens (including phenoxy) is 1. The minimum Gasteiger partial charge on any atom is -0.494 e. The Bertz CT molecular complexity index is 1580. The van der Waals surface area contributed by atoms with Gasteiger partial charge in [-0.25, -0.2) is 9.78 Å². The number of imidazole rings is 1. The van der Waals surface area contributed by atoms with Crippen molar-refractivity contribution in [3.05, 3.63) is 48.0 Å². The van der Waals surface area contributed by atoms with Gasteiger partial charge in [0.25, 0.3) is 5.91 Å². The number of aromatic nitrogens is 3. The molecule has 0 aliphatic carbocycles. The molecule has 1 saturated heterocycles. The third-order valence-electron chi connectivity index (χ3n) is 7.74. The first-order chi connectivity index (χ1) is 19.0. The number of amides is 2. The molecule has 40 heavy (non-hydrogen) atoms. The Kier molecular flexibility index (Phi) is 7.22. The molecule has 0 unspecified atom stereocenters. The highest BCUT2D eigenvalue weighted by Crippen LogP contribution is 2.35. The fourth-order valence-corrected chi connectivity index (χ4v) is 6.08. The van der Waals surface area contributed by atoms with Gasteiger partial charge in [-0.1, -0.05) is 18.2 Å². The van der Waals surface area contributed by atoms with E-state index in [9.17, 15) is 19.8 Å². The van der Waals surface area contributed by atoms with Gasteiger partial charge in [0.1, 0.15) is 11.3 Å². The smallest absolute Gasteiger partial charge is 0.408 e. The van der Waals surface area contributed by atoms with Gasteiger partial charge in [-0.2, -0.15) is 0 Å². The number of methoxy groups -OCH3 is 1. The summed E-state index contributed by atoms with van der Waals surface area (Å²) in [5.41, 5.74) is 3.12. The van der Waals surface area contributed by atoms with Crippen LogP contribution >= 0.6 is 0 Å². The van der Waals surface area contributed by atoms with Crippen LogP contribution < -0.4 is 4.74 Å². The molecule has 10 heteroatoms. The van der Waals surface area contributed by atoms with Crippen LogP contribution in [0.15, 0.2) is 42.5 Å². The van der Waals surface area contributed by atoms with Crippen LogP contribution in [0, 0.1) is 0 Å². The lowest BCUT2D eigenvalue weighted by Gasteiger charge is -2.44. The SMILES string of the molecule is COc1cc(C(=O)N2CCC[C@@H](N(C(=O)O)C(C)(C)C)C2)cc2nc(-c3cc4ccccc4n3CCO)n(C)c12. The fraction of sp³-hybridized carbons (Fsp3) is 0.433. The Labute approximate surface area is 233 Å². The van der Waals surface area contributed by atoms with E-state index < -0.39 is 11.6 Å². The van der Waals surface area contributed by atoms with Crippen LogP contribution in [-0.2, 0) is 13.6 Å². The number of fused-ring (bicyclic) bond motifs is 2. The minimum atomic E-state index is -0.977. The number of nitrogens with zero attached hydrogens (tertiary/aromatic N) is 5. The number of carbonyl (C=O) groups excluding carboxylic acids is 1. The summed E-state index contributed by atoms with van der Waals surface area (Å²) in [6.07, 6.45) is 0.453. The summed E-state index contributed by atoms with van der Waals surface area (Å²) in [6, 6.07) is 13.3. The molecule has 5 rings (SSSR count). The summed E-state index contributed by atoms with van der Waals surface area (Å²) in [5, 5.41) is 20.7. The van der Waals surface area contributed by atoms with E-state index in [0.29, 0.717) is 48.7 Å². The van der Waals surface area contributed by atoms with E-state index in [4.69, 9.17) is 9.72 Å². The maximum absolute atomic E-state index is 13.8. The number of carboxylic acid groups (broad SMARTS) is 1. The normalized spacial score (nSPS) is 16.1. The van der Waals surface area contributed by atoms with Gasteiger partial charge in [0.15, 0.2) is 5.82 Å². The van der Waals surface area contributed by atoms with Crippen LogP contribution in [-0.4, -0.2) is 84.5 Å². The lowest BCUT2D eigenvalue weighted by atomic mass is 9.97. The van der Waals surface area contributed by atoms with Crippen molar-refractivity contribution >= 4 is 33.9 Å². The summed E-state index contributed by atoms with van der Waals surface area (Å²) in [5.74, 6) is 1.05. The van der Waals surface area contributed by atoms with Crippen molar-refractivity contribution in [1.29, 1.82) is 0 Å². The van der Waals surface area contributed by atoms with E-state index in [-0.39, 0.29) is 18.6 Å². The molecule has 0 radical (unpaired) electrons. The number of aryl methyl sites for hydroxylation is 1. The Hall–Kier alpha value is -4.05. The maximum atomic E-state index is 13.8. The van der Waals surface area contributed by atoms with Crippen LogP contribution in [0.4, 0.5) is 4.79 Å². The van der Waals surface area contributed by atoms with Crippen molar-refractivity contribution in [3.63, 3.8) is 0 Å². The van der Waals surface area contributed by atoms with Crippen molar-refractivity contribution in [2.24, 2.45) is 7.05 Å². The predicted octanol–water partition coefficient (Wildman–Crippen LogP) is 4.58. The second-order valence-corrected chi connectivity index (χ2v) is 11.4. The highest BCUT2D eigenvalue weighted by atomic mass is 16.5. The molecule has 0 bridgehead atoms. The van der Waals surface area contributed by atoms with E-state index in [0.717, 1.165) is 28.5 Å². The number of rotatable bonds is 6. The van der Waals surface area contributed by atoms with Crippen molar-refractivity contribution in [1.82, 2.24) is 23.9 Å². The highest BCUT2D eigenvalue weighted by Gasteiger charge is 2.37. The topological polar surface area (TPSA) is 113 Å². The van der Waals surface area contributed by atoms with Crippen LogP contribution in [0.5, 0.6) is 5.75 Å². The molecule has 10 nitrogen and oxygen atoms in total. The van der Waals surface area contributed by atoms with Gasteiger partial charge in [0.05, 0.1) is 31.0 Å². The van der Waals surface area contributed by atoms with Gasteiger partial charge in [0, 0.05) is 48.7 Å². The quantitative estimate of drug-likeness (QED) is 0.365. The van der Waals surface area contributed by atoms with Gasteiger partial charge in [-0.05, 0) is 57.9 Å². The van der Waals surface area contributed by atoms with Crippen LogP contribution in [0.3, 0.4) is 0 Å². The van der Waals surface area contributed by atoms with Gasteiger partial charge in [0.2, 0.25) is 0 Å². The second-order valence-electron chi connectivity index (χ2n) is 11.4. The summed E-state index contributed by atoms with van der Waals surface area (Å²) >= 11 is 0. The zero-order valence-corrected chi connectivity index (χ0v) is 23.7. The molecular formula is C30H37N5O5. The molecule has 2 aromatic carbocycles. The molecule has 2 N–H and O–H groups in total. The third kappa shape index (κ3) is 4.77. The minimum absolute atomic E-state index is 0.0110. The Morgan fingerprint density at radius 1 is 1.18 bits per heavy atom. The van der Waals surface area contributed by atoms with Gasteiger partial charge < -0.3 is 29.0 Å². The standard InChI is InChI=1S/C30H37N5O5/c1-30(2,3)35(29(38)39)21-10-8-12-33(18-21)28(37)20-15-22-26(25(17-20)40-5)32(4)27(31-22)24-16-19-9-6-7-11-23(19)34(24)13-14-36/h6-7,9,11,15-17,21,36H,8,10,12-14,18H2,1-5H3,(H,38,39)/t21-/m1/s1. The molecule has 1 fully saturated rings. The summed E-state index contributed by atoms with van der Waals surface area (Å²) in [4.78, 5) is 34.0. The average molecular weight is 548 g/mol. The van der Waals surface area contributed by atoms with Crippen LogP contribution in [0.25, 0.3) is 33.5 Å². The molecule has 0 spiro atoms. The van der Waals surface area contributed by atoms with Gasteiger partial charge in [-0.15, -0.1) is 0 Å². The van der Waals surface area contributed by atoms with Crippen molar-refractivity contribution < 1.29 is 24.5 Å². The predicted molar refractivity (Wildman–Crippen MR) is 154 cm³/mol. The number of aliphatic hydroxyl groups is 1. The molecule has 2 aromatic heterocycles. The van der Waals surface area contributed by atoms with Gasteiger partial charge >= 0.3 is 6.09 Å². The lowest BCUT2D eigenvalue weighted by molar-refractivity contribution is 0.0315. The third-order valence-corrected chi connectivity index (χ3v) is 7.74. The number of hydrogen-bond acceptors (Lipinski definition) is 5. The summed E-state index contributed by atoms with van der Waals surface area (Å²) in [7, 11) is 3.49. The first-order valence-corrected chi connectivity index (χ1v) is 13.6. The molecule has 2 amide bonds. The molecule has 0 saturated carbocycles. The Morgan fingerprint density at radius 2 is 1.93 bits per heavy atom. The van der Waals surface area contributed by atoms with Crippen molar-refractivity contribution in [2.45, 2.75) is 51.7 Å². The lowest BCUT2D eigenvalue weighted by Crippen LogP contribution is -2.57. The molecule has 3 heterocycles. The highest BCUT2D eigenvalue weighted by molar-refractivity contribution is 6.00. The average Bonchev–Trinajstić information content (AvgIpc) is 3.44. The van der Waals surface area contributed by atoms with Crippen LogP contribution in [0.2, 0.25) is 0 Å². The first kappa shape index (κ1) is 27.5. The van der Waals surface area contributed by atoms with Crippen molar-refractivity contribution in [3.8, 4) is 17.3 Å². The number of carbonyl (C=O) groups is 2. The zero-order valence-electron chi connectivity index (χ0n) is 23.7. The summed E-state index contributed by atoms with van der Waals surface area (Å²) in [6.45, 7) is 6.92. The number of hydrogen-bond donors (Lipinski definition) is 2. The van der Waals surface area contributed by atoms with E-state index in [1.807, 2.05) is 61.2 Å². The Morgan fingerprint density at radius 3 is 2.60 bits per heavy atom. The number of likely N-dealkylation sites (tertiary alicyclic amines) is 1. The monoisotopic (exact) mass is 547 g/mol. The van der Waals surface area contributed by atoms with Crippen LogP contribution in [0.1, 0.15) is 44.0 Å². The molecule has 1 atom stereocenters. The fourth-order valence-electron chi connectivity index (χ4n) is 6.08. The largest absolute Gasteiger partial charge is 0.494 e. The van der Waals surface area contributed by atoms with Gasteiger partial charge in [-0.3, -0.25) is 9.69 Å². The Balaban J connectivity index is 1.54. The molecular weight excluding hydrogens is 510 g/mol. The second kappa shape index (κ2) is 10.5. The number of para-hydroxylation sites is 1. The van der Waals surface area contributed by atoms with Crippen molar-refractivity contribution in [2.75, 3.05) is 26.8 Å². The maximum Gasteiger partial charge on any atom is 0.408 e. The number of aliphatic hydroxyl groups excluding tert-OH is 1.